The normalized spacial score (nSPS) is 19.6. The number of rotatable bonds is 2. The van der Waals surface area contributed by atoms with Gasteiger partial charge in [-0.15, -0.1) is 11.3 Å². The van der Waals surface area contributed by atoms with Crippen LogP contribution in [0.4, 0.5) is 5.82 Å². The lowest BCUT2D eigenvalue weighted by Crippen LogP contribution is -2.21. The van der Waals surface area contributed by atoms with Gasteiger partial charge in [-0.25, -0.2) is 9.97 Å². The van der Waals surface area contributed by atoms with Crippen LogP contribution in [0.1, 0.15) is 63.1 Å². The molecule has 0 unspecified atom stereocenters. The zero-order valence-electron chi connectivity index (χ0n) is 12.6. The molecule has 1 aliphatic rings. The summed E-state index contributed by atoms with van der Waals surface area (Å²) in [6.45, 7) is 6.88. The van der Waals surface area contributed by atoms with Crippen molar-refractivity contribution < 1.29 is 0 Å². The predicted octanol–water partition coefficient (Wildman–Crippen LogP) is 4.52. The number of nitrogens with zero attached hydrogens (tertiary/aromatic N) is 2. The van der Waals surface area contributed by atoms with Gasteiger partial charge in [-0.1, -0.05) is 20.8 Å². The number of nitrogen functional groups attached to an aromatic ring is 1. The number of aromatic nitrogens is 2. The van der Waals surface area contributed by atoms with E-state index in [9.17, 15) is 0 Å². The minimum Gasteiger partial charge on any atom is -0.383 e. The van der Waals surface area contributed by atoms with Gasteiger partial charge in [-0.05, 0) is 43.6 Å². The molecule has 0 saturated heterocycles. The van der Waals surface area contributed by atoms with Crippen molar-refractivity contribution in [1.29, 1.82) is 0 Å². The average molecular weight is 289 g/mol. The third-order valence-corrected chi connectivity index (χ3v) is 5.72. The van der Waals surface area contributed by atoms with E-state index < -0.39 is 0 Å². The second-order valence-corrected chi connectivity index (χ2v) is 7.81. The van der Waals surface area contributed by atoms with Crippen LogP contribution in [0, 0.1) is 5.41 Å². The summed E-state index contributed by atoms with van der Waals surface area (Å²) in [7, 11) is 0. The van der Waals surface area contributed by atoms with Crippen molar-refractivity contribution >= 4 is 27.4 Å². The van der Waals surface area contributed by atoms with Crippen molar-refractivity contribution in [2.24, 2.45) is 5.41 Å². The van der Waals surface area contributed by atoms with E-state index in [1.54, 1.807) is 11.3 Å². The van der Waals surface area contributed by atoms with E-state index in [1.165, 1.54) is 30.6 Å². The van der Waals surface area contributed by atoms with Gasteiger partial charge in [0.25, 0.3) is 0 Å². The molecular weight excluding hydrogens is 266 g/mol. The molecule has 108 valence electrons. The van der Waals surface area contributed by atoms with Gasteiger partial charge in [0.15, 0.2) is 0 Å². The molecule has 1 aliphatic carbocycles. The molecule has 2 N–H and O–H groups in total. The minimum absolute atomic E-state index is 0.477. The van der Waals surface area contributed by atoms with E-state index in [4.69, 9.17) is 10.7 Å². The van der Waals surface area contributed by atoms with Gasteiger partial charge in [0.2, 0.25) is 0 Å². The molecule has 4 heteroatoms. The van der Waals surface area contributed by atoms with Gasteiger partial charge in [-0.3, -0.25) is 0 Å². The van der Waals surface area contributed by atoms with Gasteiger partial charge in [0, 0.05) is 10.8 Å². The van der Waals surface area contributed by atoms with E-state index in [2.05, 4.69) is 31.8 Å². The van der Waals surface area contributed by atoms with E-state index in [0.717, 1.165) is 22.5 Å². The number of anilines is 1. The molecule has 3 rings (SSSR count). The highest BCUT2D eigenvalue weighted by Crippen LogP contribution is 2.42. The molecule has 2 heterocycles. The first-order valence-corrected chi connectivity index (χ1v) is 8.36. The fraction of sp³-hybridized carbons (Fsp3) is 0.625. The zero-order valence-corrected chi connectivity index (χ0v) is 13.4. The highest BCUT2D eigenvalue weighted by atomic mass is 32.1. The highest BCUT2D eigenvalue weighted by molar-refractivity contribution is 7.18. The second-order valence-electron chi connectivity index (χ2n) is 6.69. The fourth-order valence-corrected chi connectivity index (χ4v) is 4.01. The van der Waals surface area contributed by atoms with Crippen molar-refractivity contribution in [2.75, 3.05) is 5.73 Å². The van der Waals surface area contributed by atoms with Crippen LogP contribution in [0.15, 0.2) is 6.07 Å². The Kier molecular flexibility index (Phi) is 3.44. The molecule has 0 aliphatic heterocycles. The first-order chi connectivity index (χ1) is 9.48. The maximum absolute atomic E-state index is 6.14. The summed E-state index contributed by atoms with van der Waals surface area (Å²) in [5.41, 5.74) is 6.62. The Morgan fingerprint density at radius 2 is 2.00 bits per heavy atom. The number of hydrogen-bond acceptors (Lipinski definition) is 4. The SMILES string of the molecule is CCc1cc2c(N)nc(C3CCC(C)(C)CC3)nc2s1. The molecule has 0 radical (unpaired) electrons. The Labute approximate surface area is 124 Å². The molecule has 0 bridgehead atoms. The molecule has 1 fully saturated rings. The molecular formula is C16H23N3S. The average Bonchev–Trinajstić information content (AvgIpc) is 2.82. The number of hydrogen-bond donors (Lipinski definition) is 1. The van der Waals surface area contributed by atoms with Crippen molar-refractivity contribution in [2.45, 2.75) is 58.8 Å². The molecule has 20 heavy (non-hydrogen) atoms. The maximum Gasteiger partial charge on any atom is 0.135 e. The summed E-state index contributed by atoms with van der Waals surface area (Å²) in [6, 6.07) is 2.14. The van der Waals surface area contributed by atoms with Gasteiger partial charge >= 0.3 is 0 Å². The first kappa shape index (κ1) is 13.8. The van der Waals surface area contributed by atoms with Crippen molar-refractivity contribution in [3.05, 3.63) is 16.8 Å². The van der Waals surface area contributed by atoms with Crippen molar-refractivity contribution in [3.8, 4) is 0 Å². The fourth-order valence-electron chi connectivity index (χ4n) is 3.02. The van der Waals surface area contributed by atoms with E-state index in [-0.39, 0.29) is 0 Å². The van der Waals surface area contributed by atoms with Gasteiger partial charge in [0.05, 0.1) is 5.39 Å². The van der Waals surface area contributed by atoms with E-state index in [0.29, 0.717) is 17.2 Å². The van der Waals surface area contributed by atoms with Crippen molar-refractivity contribution in [1.82, 2.24) is 9.97 Å². The van der Waals surface area contributed by atoms with Crippen LogP contribution < -0.4 is 5.73 Å². The Hall–Kier alpha value is -1.16. The van der Waals surface area contributed by atoms with Crippen LogP contribution in [0.25, 0.3) is 10.2 Å². The van der Waals surface area contributed by atoms with E-state index in [1.807, 2.05) is 0 Å². The summed E-state index contributed by atoms with van der Waals surface area (Å²) >= 11 is 1.76. The monoisotopic (exact) mass is 289 g/mol. The summed E-state index contributed by atoms with van der Waals surface area (Å²) < 4.78 is 0. The quantitative estimate of drug-likeness (QED) is 0.884. The molecule has 0 amide bonds. The third-order valence-electron chi connectivity index (χ3n) is 4.54. The smallest absolute Gasteiger partial charge is 0.135 e. The summed E-state index contributed by atoms with van der Waals surface area (Å²) in [5.74, 6) is 2.11. The highest BCUT2D eigenvalue weighted by Gasteiger charge is 2.29. The van der Waals surface area contributed by atoms with Crippen LogP contribution in [0.5, 0.6) is 0 Å². The van der Waals surface area contributed by atoms with Crippen LogP contribution in [0.3, 0.4) is 0 Å². The number of nitrogens with two attached hydrogens (primary N) is 1. The van der Waals surface area contributed by atoms with Gasteiger partial charge < -0.3 is 5.73 Å². The number of thiophene rings is 1. The Bertz CT molecular complexity index is 620. The standard InChI is InChI=1S/C16H23N3S/c1-4-11-9-12-13(17)18-14(19-15(12)20-11)10-5-7-16(2,3)8-6-10/h9-10H,4-8H2,1-3H3,(H2,17,18,19). The molecule has 2 aromatic rings. The molecule has 0 spiro atoms. The van der Waals surface area contributed by atoms with Crippen LogP contribution in [0.2, 0.25) is 0 Å². The lowest BCUT2D eigenvalue weighted by Gasteiger charge is -2.33. The predicted molar refractivity (Wildman–Crippen MR) is 86.2 cm³/mol. The maximum atomic E-state index is 6.14. The molecule has 2 aromatic heterocycles. The van der Waals surface area contributed by atoms with Crippen LogP contribution >= 0.6 is 11.3 Å². The van der Waals surface area contributed by atoms with Gasteiger partial charge in [-0.2, -0.15) is 0 Å². The summed E-state index contributed by atoms with van der Waals surface area (Å²) in [5, 5.41) is 1.03. The Morgan fingerprint density at radius 3 is 2.65 bits per heavy atom. The minimum atomic E-state index is 0.477. The van der Waals surface area contributed by atoms with E-state index >= 15 is 0 Å². The lowest BCUT2D eigenvalue weighted by atomic mass is 9.73. The third kappa shape index (κ3) is 2.53. The topological polar surface area (TPSA) is 51.8 Å². The van der Waals surface area contributed by atoms with Gasteiger partial charge in [0.1, 0.15) is 16.5 Å². The van der Waals surface area contributed by atoms with Crippen LogP contribution in [-0.2, 0) is 6.42 Å². The number of aryl methyl sites for hydroxylation is 1. The number of fused-ring (bicyclic) bond motifs is 1. The molecule has 0 atom stereocenters. The second kappa shape index (κ2) is 4.99. The molecule has 1 saturated carbocycles. The largest absolute Gasteiger partial charge is 0.383 e. The summed E-state index contributed by atoms with van der Waals surface area (Å²) in [6.07, 6.45) is 5.91. The van der Waals surface area contributed by atoms with Crippen LogP contribution in [-0.4, -0.2) is 9.97 Å². The molecule has 0 aromatic carbocycles. The Morgan fingerprint density at radius 1 is 1.30 bits per heavy atom. The summed E-state index contributed by atoms with van der Waals surface area (Å²) in [4.78, 5) is 11.8. The first-order valence-electron chi connectivity index (χ1n) is 7.54. The van der Waals surface area contributed by atoms with Crippen molar-refractivity contribution in [3.63, 3.8) is 0 Å². The zero-order chi connectivity index (χ0) is 14.3. The molecule has 3 nitrogen and oxygen atoms in total. The lowest BCUT2D eigenvalue weighted by molar-refractivity contribution is 0.221. The Balaban J connectivity index is 1.92.